The van der Waals surface area contributed by atoms with Crippen molar-refractivity contribution in [1.82, 2.24) is 9.80 Å². The predicted octanol–water partition coefficient (Wildman–Crippen LogP) is 5.24. The molecule has 1 aliphatic heterocycles. The number of benzene rings is 3. The van der Waals surface area contributed by atoms with Crippen molar-refractivity contribution < 1.29 is 9.59 Å². The number of hydrogen-bond donors (Lipinski definition) is 1. The summed E-state index contributed by atoms with van der Waals surface area (Å²) in [4.78, 5) is 30.0. The third-order valence-electron chi connectivity index (χ3n) is 5.68. The van der Waals surface area contributed by atoms with Crippen LogP contribution in [0.25, 0.3) is 0 Å². The minimum Gasteiger partial charge on any atom is -0.340 e. The first-order chi connectivity index (χ1) is 15.6. The van der Waals surface area contributed by atoms with Crippen LogP contribution in [0, 0.1) is 0 Å². The van der Waals surface area contributed by atoms with E-state index in [1.54, 1.807) is 23.1 Å². The van der Waals surface area contributed by atoms with E-state index < -0.39 is 0 Å². The zero-order chi connectivity index (χ0) is 22.3. The molecule has 4 rings (SSSR count). The Labute approximate surface area is 193 Å². The summed E-state index contributed by atoms with van der Waals surface area (Å²) in [7, 11) is 0. The second-order valence-corrected chi connectivity index (χ2v) is 8.30. The van der Waals surface area contributed by atoms with Gasteiger partial charge in [-0.2, -0.15) is 0 Å². The molecule has 1 saturated heterocycles. The van der Waals surface area contributed by atoms with Gasteiger partial charge in [0.05, 0.1) is 5.92 Å². The van der Waals surface area contributed by atoms with Crippen LogP contribution < -0.4 is 5.32 Å². The van der Waals surface area contributed by atoms with E-state index in [1.165, 1.54) is 0 Å². The molecule has 3 amide bonds. The number of hydrogen-bond acceptors (Lipinski definition) is 2. The average Bonchev–Trinajstić information content (AvgIpc) is 3.07. The Hall–Kier alpha value is -3.31. The molecule has 0 saturated carbocycles. The third kappa shape index (κ3) is 5.29. The van der Waals surface area contributed by atoms with Crippen LogP contribution in [0.1, 0.15) is 23.5 Å². The third-order valence-corrected chi connectivity index (χ3v) is 5.92. The van der Waals surface area contributed by atoms with Crippen LogP contribution in [0.4, 0.5) is 10.5 Å². The first-order valence-corrected chi connectivity index (χ1v) is 11.2. The number of rotatable bonds is 4. The number of nitrogens with zero attached hydrogens (tertiary/aromatic N) is 2. The molecule has 0 spiro atoms. The van der Waals surface area contributed by atoms with Gasteiger partial charge in [-0.05, 0) is 35.7 Å². The lowest BCUT2D eigenvalue weighted by molar-refractivity contribution is -0.131. The van der Waals surface area contributed by atoms with E-state index in [9.17, 15) is 9.59 Å². The summed E-state index contributed by atoms with van der Waals surface area (Å²) >= 11 is 6.02. The Balaban J connectivity index is 1.46. The van der Waals surface area contributed by atoms with E-state index in [1.807, 2.05) is 71.6 Å². The molecule has 0 aromatic heterocycles. The van der Waals surface area contributed by atoms with Gasteiger partial charge in [-0.3, -0.25) is 4.79 Å². The van der Waals surface area contributed by atoms with Crippen molar-refractivity contribution in [3.05, 3.63) is 101 Å². The van der Waals surface area contributed by atoms with Gasteiger partial charge in [0, 0.05) is 36.9 Å². The van der Waals surface area contributed by atoms with Crippen molar-refractivity contribution in [3.63, 3.8) is 0 Å². The van der Waals surface area contributed by atoms with Crippen LogP contribution in [0.2, 0.25) is 5.02 Å². The van der Waals surface area contributed by atoms with Crippen molar-refractivity contribution in [2.24, 2.45) is 0 Å². The minimum atomic E-state index is -0.357. The predicted molar refractivity (Wildman–Crippen MR) is 128 cm³/mol. The van der Waals surface area contributed by atoms with Crippen LogP contribution in [-0.4, -0.2) is 47.9 Å². The molecular weight excluding hydrogens is 422 g/mol. The lowest BCUT2D eigenvalue weighted by Gasteiger charge is -2.27. The highest BCUT2D eigenvalue weighted by atomic mass is 35.5. The standard InChI is InChI=1S/C26H26ClN3O2/c27-22-13-7-14-23(19-22)28-26(32)30-16-8-15-29(17-18-30)25(31)24(20-9-3-1-4-10-20)21-11-5-2-6-12-21/h1-7,9-14,19,24H,8,15-18H2,(H,28,32). The molecular formula is C26H26ClN3O2. The van der Waals surface area contributed by atoms with Gasteiger partial charge >= 0.3 is 6.03 Å². The molecule has 0 radical (unpaired) electrons. The maximum Gasteiger partial charge on any atom is 0.321 e. The van der Waals surface area contributed by atoms with Gasteiger partial charge in [0.1, 0.15) is 0 Å². The number of amides is 3. The fourth-order valence-corrected chi connectivity index (χ4v) is 4.25. The van der Waals surface area contributed by atoms with Gasteiger partial charge in [0.25, 0.3) is 0 Å². The van der Waals surface area contributed by atoms with Crippen LogP contribution in [-0.2, 0) is 4.79 Å². The molecule has 1 N–H and O–H groups in total. The molecule has 0 unspecified atom stereocenters. The maximum absolute atomic E-state index is 13.6. The first kappa shape index (κ1) is 21.9. The zero-order valence-electron chi connectivity index (χ0n) is 17.8. The van der Waals surface area contributed by atoms with E-state index in [4.69, 9.17) is 11.6 Å². The highest BCUT2D eigenvalue weighted by molar-refractivity contribution is 6.30. The second kappa shape index (κ2) is 10.3. The monoisotopic (exact) mass is 447 g/mol. The molecule has 3 aromatic carbocycles. The Morgan fingerprint density at radius 3 is 1.97 bits per heavy atom. The molecule has 3 aromatic rings. The van der Waals surface area contributed by atoms with Crippen LogP contribution >= 0.6 is 11.6 Å². The van der Waals surface area contributed by atoms with Crippen molar-refractivity contribution in [2.75, 3.05) is 31.5 Å². The van der Waals surface area contributed by atoms with Crippen LogP contribution in [0.15, 0.2) is 84.9 Å². The highest BCUT2D eigenvalue weighted by Gasteiger charge is 2.29. The highest BCUT2D eigenvalue weighted by Crippen LogP contribution is 2.27. The SMILES string of the molecule is O=C(Nc1cccc(Cl)c1)N1CCCN(C(=O)C(c2ccccc2)c2ccccc2)CC1. The lowest BCUT2D eigenvalue weighted by Crippen LogP contribution is -2.40. The number of nitrogens with one attached hydrogen (secondary N) is 1. The van der Waals surface area contributed by atoms with Gasteiger partial charge in [-0.25, -0.2) is 4.79 Å². The van der Waals surface area contributed by atoms with Gasteiger partial charge in [0.15, 0.2) is 0 Å². The second-order valence-electron chi connectivity index (χ2n) is 7.86. The van der Waals surface area contributed by atoms with Crippen molar-refractivity contribution >= 4 is 29.2 Å². The summed E-state index contributed by atoms with van der Waals surface area (Å²) in [5, 5.41) is 3.47. The fourth-order valence-electron chi connectivity index (χ4n) is 4.06. The topological polar surface area (TPSA) is 52.7 Å². The number of urea groups is 1. The first-order valence-electron chi connectivity index (χ1n) is 10.8. The largest absolute Gasteiger partial charge is 0.340 e. The van der Waals surface area contributed by atoms with Crippen LogP contribution in [0.3, 0.4) is 0 Å². The zero-order valence-corrected chi connectivity index (χ0v) is 18.5. The molecule has 6 heteroatoms. The Bertz CT molecular complexity index is 1020. The summed E-state index contributed by atoms with van der Waals surface area (Å²) in [5.41, 5.74) is 2.61. The van der Waals surface area contributed by atoms with E-state index in [2.05, 4.69) is 5.32 Å². The van der Waals surface area contributed by atoms with Crippen molar-refractivity contribution in [3.8, 4) is 0 Å². The molecule has 5 nitrogen and oxygen atoms in total. The molecule has 1 aliphatic rings. The molecule has 32 heavy (non-hydrogen) atoms. The number of carbonyl (C=O) groups excluding carboxylic acids is 2. The van der Waals surface area contributed by atoms with Crippen molar-refractivity contribution in [1.29, 1.82) is 0 Å². The van der Waals surface area contributed by atoms with E-state index in [0.29, 0.717) is 36.9 Å². The van der Waals surface area contributed by atoms with E-state index in [-0.39, 0.29) is 17.9 Å². The van der Waals surface area contributed by atoms with Crippen LogP contribution in [0.5, 0.6) is 0 Å². The summed E-state index contributed by atoms with van der Waals surface area (Å²) < 4.78 is 0. The number of carbonyl (C=O) groups is 2. The Morgan fingerprint density at radius 1 is 0.750 bits per heavy atom. The molecule has 1 fully saturated rings. The minimum absolute atomic E-state index is 0.0690. The molecule has 164 valence electrons. The fraction of sp³-hybridized carbons (Fsp3) is 0.231. The average molecular weight is 448 g/mol. The quantitative estimate of drug-likeness (QED) is 0.594. The maximum atomic E-state index is 13.6. The van der Waals surface area contributed by atoms with Gasteiger partial charge in [0.2, 0.25) is 5.91 Å². The molecule has 0 aliphatic carbocycles. The summed E-state index contributed by atoms with van der Waals surface area (Å²) in [6.07, 6.45) is 0.727. The van der Waals surface area contributed by atoms with Gasteiger partial charge in [-0.15, -0.1) is 0 Å². The summed E-state index contributed by atoms with van der Waals surface area (Å²) in [6.45, 7) is 2.19. The number of halogens is 1. The van der Waals surface area contributed by atoms with Crippen molar-refractivity contribution in [2.45, 2.75) is 12.3 Å². The smallest absolute Gasteiger partial charge is 0.321 e. The molecule has 0 atom stereocenters. The molecule has 1 heterocycles. The summed E-state index contributed by atoms with van der Waals surface area (Å²) in [6, 6.07) is 26.7. The van der Waals surface area contributed by atoms with Gasteiger partial charge in [-0.1, -0.05) is 78.3 Å². The number of anilines is 1. The van der Waals surface area contributed by atoms with E-state index >= 15 is 0 Å². The Morgan fingerprint density at radius 2 is 1.34 bits per heavy atom. The Kier molecular flexibility index (Phi) is 7.07. The summed E-state index contributed by atoms with van der Waals surface area (Å²) in [5.74, 6) is -0.288. The molecule has 0 bridgehead atoms. The normalized spacial score (nSPS) is 14.2. The van der Waals surface area contributed by atoms with E-state index in [0.717, 1.165) is 17.5 Å². The lowest BCUT2D eigenvalue weighted by atomic mass is 9.90. The van der Waals surface area contributed by atoms with Gasteiger partial charge < -0.3 is 15.1 Å².